The van der Waals surface area contributed by atoms with Gasteiger partial charge >= 0.3 is 17.9 Å². The zero-order chi connectivity index (χ0) is 19.4. The third-order valence-electron chi connectivity index (χ3n) is 6.99. The molecule has 2 saturated heterocycles. The molecule has 7 heteroatoms. The summed E-state index contributed by atoms with van der Waals surface area (Å²) in [5.41, 5.74) is -1.84. The van der Waals surface area contributed by atoms with Crippen molar-refractivity contribution in [1.82, 2.24) is 0 Å². The van der Waals surface area contributed by atoms with Crippen LogP contribution in [-0.4, -0.2) is 43.0 Å². The highest BCUT2D eigenvalue weighted by Crippen LogP contribution is 2.63. The first-order chi connectivity index (χ1) is 12.8. The number of hydrogen-bond acceptors (Lipinski definition) is 7. The third kappa shape index (κ3) is 2.77. The van der Waals surface area contributed by atoms with Crippen LogP contribution in [0.3, 0.4) is 0 Å². The second-order valence-corrected chi connectivity index (χ2v) is 8.96. The molecule has 27 heavy (non-hydrogen) atoms. The molecule has 6 unspecified atom stereocenters. The molecule has 4 aliphatic rings. The zero-order valence-corrected chi connectivity index (χ0v) is 16.2. The summed E-state index contributed by atoms with van der Waals surface area (Å²) in [5.74, 6) is -1.69. The van der Waals surface area contributed by atoms with Crippen molar-refractivity contribution in [3.63, 3.8) is 0 Å². The molecule has 2 heterocycles. The molecule has 0 aromatic rings. The van der Waals surface area contributed by atoms with Crippen LogP contribution in [0.2, 0.25) is 0 Å². The lowest BCUT2D eigenvalue weighted by Gasteiger charge is -2.33. The normalized spacial score (nSPS) is 40.0. The van der Waals surface area contributed by atoms with Gasteiger partial charge in [-0.15, -0.1) is 0 Å². The summed E-state index contributed by atoms with van der Waals surface area (Å²) in [6.45, 7) is 6.19. The van der Waals surface area contributed by atoms with E-state index in [0.717, 1.165) is 12.8 Å². The molecule has 2 aliphatic carbocycles. The van der Waals surface area contributed by atoms with E-state index >= 15 is 0 Å². The van der Waals surface area contributed by atoms with Crippen LogP contribution < -0.4 is 0 Å². The minimum Gasteiger partial charge on any atom is -0.458 e. The first-order valence-corrected chi connectivity index (χ1v) is 10.0. The van der Waals surface area contributed by atoms with E-state index < -0.39 is 41.3 Å². The molecule has 0 amide bonds. The monoisotopic (exact) mass is 380 g/mol. The van der Waals surface area contributed by atoms with Crippen LogP contribution in [0, 0.1) is 22.7 Å². The Kier molecular flexibility index (Phi) is 4.48. The minimum absolute atomic E-state index is 0.0529. The van der Waals surface area contributed by atoms with Gasteiger partial charge in [0.05, 0.1) is 12.0 Å². The predicted octanol–water partition coefficient (Wildman–Crippen LogP) is 2.36. The topological polar surface area (TPSA) is 88.1 Å². The SMILES string of the molecule is CCC(C)(C)C(=O)OC1C2CC3C1OC(=O)C3(C(=O)OC1CCCCO1)C2. The summed E-state index contributed by atoms with van der Waals surface area (Å²) in [6, 6.07) is 0. The summed E-state index contributed by atoms with van der Waals surface area (Å²) >= 11 is 0. The number of ether oxygens (including phenoxy) is 4. The molecule has 6 atom stereocenters. The van der Waals surface area contributed by atoms with Crippen LogP contribution in [-0.2, 0) is 33.3 Å². The molecular formula is C20H28O7. The van der Waals surface area contributed by atoms with Crippen molar-refractivity contribution in [3.8, 4) is 0 Å². The van der Waals surface area contributed by atoms with E-state index in [-0.39, 0.29) is 17.8 Å². The van der Waals surface area contributed by atoms with Gasteiger partial charge in [0, 0.05) is 18.3 Å². The smallest absolute Gasteiger partial charge is 0.326 e. The number of fused-ring (bicyclic) bond motifs is 1. The van der Waals surface area contributed by atoms with Crippen LogP contribution >= 0.6 is 0 Å². The van der Waals surface area contributed by atoms with Crippen molar-refractivity contribution in [2.24, 2.45) is 22.7 Å². The number of esters is 3. The Morgan fingerprint density at radius 3 is 2.70 bits per heavy atom. The Morgan fingerprint density at radius 2 is 2.04 bits per heavy atom. The average molecular weight is 380 g/mol. The lowest BCUT2D eigenvalue weighted by molar-refractivity contribution is -0.200. The van der Waals surface area contributed by atoms with Gasteiger partial charge in [0.25, 0.3) is 0 Å². The fourth-order valence-corrected chi connectivity index (χ4v) is 4.89. The summed E-state index contributed by atoms with van der Waals surface area (Å²) in [4.78, 5) is 38.1. The van der Waals surface area contributed by atoms with Crippen molar-refractivity contribution in [3.05, 3.63) is 0 Å². The maximum atomic E-state index is 12.9. The molecule has 4 fully saturated rings. The molecule has 4 rings (SSSR count). The highest BCUT2D eigenvalue weighted by molar-refractivity contribution is 6.03. The van der Waals surface area contributed by atoms with E-state index in [9.17, 15) is 14.4 Å². The Bertz CT molecular complexity index is 651. The van der Waals surface area contributed by atoms with Crippen LogP contribution in [0.15, 0.2) is 0 Å². The molecule has 0 radical (unpaired) electrons. The summed E-state index contributed by atoms with van der Waals surface area (Å²) < 4.78 is 22.3. The van der Waals surface area contributed by atoms with Crippen molar-refractivity contribution in [2.45, 2.75) is 77.8 Å². The molecule has 0 N–H and O–H groups in total. The minimum atomic E-state index is -1.25. The molecule has 0 aromatic heterocycles. The van der Waals surface area contributed by atoms with E-state index in [2.05, 4.69) is 0 Å². The summed E-state index contributed by atoms with van der Waals surface area (Å²) in [5, 5.41) is 0. The Labute approximate surface area is 159 Å². The number of hydrogen-bond donors (Lipinski definition) is 0. The third-order valence-corrected chi connectivity index (χ3v) is 6.99. The van der Waals surface area contributed by atoms with Gasteiger partial charge in [0.15, 0.2) is 5.41 Å². The fourth-order valence-electron chi connectivity index (χ4n) is 4.89. The average Bonchev–Trinajstić information content (AvgIpc) is 3.25. The second kappa shape index (κ2) is 6.47. The van der Waals surface area contributed by atoms with Crippen molar-refractivity contribution in [1.29, 1.82) is 0 Å². The summed E-state index contributed by atoms with van der Waals surface area (Å²) in [6.07, 6.45) is 2.58. The fraction of sp³-hybridized carbons (Fsp3) is 0.850. The van der Waals surface area contributed by atoms with Gasteiger partial charge in [-0.05, 0) is 46.0 Å². The molecule has 0 spiro atoms. The molecule has 2 aliphatic heterocycles. The highest BCUT2D eigenvalue weighted by Gasteiger charge is 2.75. The quantitative estimate of drug-likeness (QED) is 0.411. The Balaban J connectivity index is 1.48. The Morgan fingerprint density at radius 1 is 1.26 bits per heavy atom. The maximum Gasteiger partial charge on any atom is 0.326 e. The van der Waals surface area contributed by atoms with Crippen molar-refractivity contribution in [2.75, 3.05) is 6.61 Å². The van der Waals surface area contributed by atoms with Gasteiger partial charge in [0.2, 0.25) is 6.29 Å². The molecule has 0 aromatic carbocycles. The summed E-state index contributed by atoms with van der Waals surface area (Å²) in [7, 11) is 0. The van der Waals surface area contributed by atoms with Crippen LogP contribution in [0.25, 0.3) is 0 Å². The number of carbonyl (C=O) groups excluding carboxylic acids is 3. The first kappa shape index (κ1) is 18.7. The molecule has 7 nitrogen and oxygen atoms in total. The molecule has 2 saturated carbocycles. The van der Waals surface area contributed by atoms with Crippen molar-refractivity contribution < 1.29 is 33.3 Å². The number of carbonyl (C=O) groups is 3. The van der Waals surface area contributed by atoms with E-state index in [4.69, 9.17) is 18.9 Å². The van der Waals surface area contributed by atoms with Crippen LogP contribution in [0.5, 0.6) is 0 Å². The van der Waals surface area contributed by atoms with E-state index in [1.54, 1.807) is 0 Å². The highest BCUT2D eigenvalue weighted by atomic mass is 16.7. The largest absolute Gasteiger partial charge is 0.458 e. The van der Waals surface area contributed by atoms with Gasteiger partial charge in [-0.1, -0.05) is 6.92 Å². The molecule has 2 bridgehead atoms. The standard InChI is InChI=1S/C20H28O7/c1-4-19(2,3)16(21)26-14-11-9-12-15(14)27-18(23)20(12,10-11)17(22)25-13-7-5-6-8-24-13/h11-15H,4-10H2,1-3H3. The van der Waals surface area contributed by atoms with E-state index in [0.29, 0.717) is 32.3 Å². The second-order valence-electron chi connectivity index (χ2n) is 8.96. The van der Waals surface area contributed by atoms with E-state index in [1.165, 1.54) is 0 Å². The van der Waals surface area contributed by atoms with Gasteiger partial charge in [-0.3, -0.25) is 14.4 Å². The van der Waals surface area contributed by atoms with Gasteiger partial charge in [0.1, 0.15) is 12.2 Å². The number of rotatable bonds is 5. The lowest BCUT2D eigenvalue weighted by atomic mass is 9.73. The Hall–Kier alpha value is -1.63. The first-order valence-electron chi connectivity index (χ1n) is 10.0. The molecular weight excluding hydrogens is 352 g/mol. The van der Waals surface area contributed by atoms with Crippen molar-refractivity contribution >= 4 is 17.9 Å². The maximum absolute atomic E-state index is 12.9. The van der Waals surface area contributed by atoms with Gasteiger partial charge in [-0.2, -0.15) is 0 Å². The van der Waals surface area contributed by atoms with Crippen LogP contribution in [0.4, 0.5) is 0 Å². The predicted molar refractivity (Wildman–Crippen MR) is 92.2 cm³/mol. The van der Waals surface area contributed by atoms with Gasteiger partial charge in [-0.25, -0.2) is 0 Å². The van der Waals surface area contributed by atoms with Crippen LogP contribution in [0.1, 0.15) is 59.3 Å². The zero-order valence-electron chi connectivity index (χ0n) is 16.2. The van der Waals surface area contributed by atoms with E-state index in [1.807, 2.05) is 20.8 Å². The lowest BCUT2D eigenvalue weighted by Crippen LogP contribution is -2.47. The molecule has 150 valence electrons. The van der Waals surface area contributed by atoms with Gasteiger partial charge < -0.3 is 18.9 Å².